The summed E-state index contributed by atoms with van der Waals surface area (Å²) in [5, 5.41) is 0. The Morgan fingerprint density at radius 3 is 1.76 bits per heavy atom. The number of allylic oxidation sites excluding steroid dienone is 1. The highest BCUT2D eigenvalue weighted by Gasteiger charge is 2.30. The summed E-state index contributed by atoms with van der Waals surface area (Å²) in [5.74, 6) is -0.262. The molecule has 0 rings (SSSR count). The smallest absolute Gasteiger partial charge is 0.143 e. The van der Waals surface area contributed by atoms with E-state index < -0.39 is 5.92 Å². The second-order valence-corrected chi connectivity index (χ2v) is 5.93. The fourth-order valence-corrected chi connectivity index (χ4v) is 2.85. The van der Waals surface area contributed by atoms with E-state index in [0.717, 1.165) is 12.8 Å². The maximum Gasteiger partial charge on any atom is 0.143 e. The molecule has 0 aliphatic heterocycles. The van der Waals surface area contributed by atoms with Crippen molar-refractivity contribution >= 4 is 11.6 Å². The summed E-state index contributed by atoms with van der Waals surface area (Å²) in [6.45, 7) is 9.76. The second-order valence-electron chi connectivity index (χ2n) is 5.93. The molecule has 0 aliphatic carbocycles. The van der Waals surface area contributed by atoms with Crippen molar-refractivity contribution in [2.75, 3.05) is 0 Å². The molecule has 0 aliphatic rings. The molecule has 1 unspecified atom stereocenters. The lowest BCUT2D eigenvalue weighted by molar-refractivity contribution is -0.134. The number of Topliss-reactive ketones (excluding diaryl/α,β-unsaturated/α-hetero) is 2. The van der Waals surface area contributed by atoms with Crippen molar-refractivity contribution in [1.29, 1.82) is 0 Å². The van der Waals surface area contributed by atoms with Gasteiger partial charge in [0.25, 0.3) is 0 Å². The van der Waals surface area contributed by atoms with E-state index in [2.05, 4.69) is 13.5 Å². The quantitative estimate of drug-likeness (QED) is 0.241. The molecule has 122 valence electrons. The molecule has 0 spiro atoms. The minimum Gasteiger partial charge on any atom is -0.299 e. The fourth-order valence-electron chi connectivity index (χ4n) is 2.85. The third kappa shape index (κ3) is 8.18. The van der Waals surface area contributed by atoms with Gasteiger partial charge >= 0.3 is 0 Å². The van der Waals surface area contributed by atoms with Crippen LogP contribution in [0.1, 0.15) is 85.0 Å². The van der Waals surface area contributed by atoms with Gasteiger partial charge < -0.3 is 0 Å². The first kappa shape index (κ1) is 20.1. The minimum atomic E-state index is -0.447. The van der Waals surface area contributed by atoms with Crippen LogP contribution in [0, 0.1) is 11.8 Å². The SMILES string of the molecule is C=CC(CCCCCCCCC)C(C(=O)CC)C(=O)CC. The number of hydrogen-bond donors (Lipinski definition) is 0. The Hall–Kier alpha value is -0.920. The molecule has 0 saturated carbocycles. The molecule has 0 N–H and O–H groups in total. The summed E-state index contributed by atoms with van der Waals surface area (Å²) in [5.41, 5.74) is 0. The third-order valence-corrected chi connectivity index (χ3v) is 4.26. The maximum absolute atomic E-state index is 12.1. The summed E-state index contributed by atoms with van der Waals surface area (Å²) < 4.78 is 0. The molecule has 0 aromatic carbocycles. The first-order valence-electron chi connectivity index (χ1n) is 8.80. The van der Waals surface area contributed by atoms with Crippen LogP contribution < -0.4 is 0 Å². The van der Waals surface area contributed by atoms with Gasteiger partial charge in [0.2, 0.25) is 0 Å². The molecular formula is C19H34O2. The van der Waals surface area contributed by atoms with Crippen molar-refractivity contribution in [1.82, 2.24) is 0 Å². The number of carbonyl (C=O) groups is 2. The summed E-state index contributed by atoms with van der Waals surface area (Å²) in [6, 6.07) is 0. The standard InChI is InChI=1S/C19H34O2/c1-5-9-10-11-12-13-14-15-16(6-2)19(17(20)7-3)18(21)8-4/h6,16,19H,2,5,7-15H2,1,3-4H3. The van der Waals surface area contributed by atoms with Crippen LogP contribution in [0.5, 0.6) is 0 Å². The number of rotatable bonds is 14. The van der Waals surface area contributed by atoms with Crippen LogP contribution in [0.15, 0.2) is 12.7 Å². The number of hydrogen-bond acceptors (Lipinski definition) is 2. The Balaban J connectivity index is 4.23. The second kappa shape index (κ2) is 12.8. The Labute approximate surface area is 131 Å². The van der Waals surface area contributed by atoms with Gasteiger partial charge in [0.15, 0.2) is 0 Å². The van der Waals surface area contributed by atoms with Gasteiger partial charge in [-0.2, -0.15) is 0 Å². The Kier molecular flexibility index (Phi) is 12.2. The normalized spacial score (nSPS) is 12.4. The van der Waals surface area contributed by atoms with Gasteiger partial charge in [-0.1, -0.05) is 71.8 Å². The summed E-state index contributed by atoms with van der Waals surface area (Å²) in [6.07, 6.45) is 12.4. The maximum atomic E-state index is 12.1. The van der Waals surface area contributed by atoms with E-state index in [1.54, 1.807) is 0 Å². The first-order valence-corrected chi connectivity index (χ1v) is 8.80. The molecule has 0 bridgehead atoms. The molecule has 0 aromatic heterocycles. The van der Waals surface area contributed by atoms with Gasteiger partial charge in [-0.15, -0.1) is 6.58 Å². The van der Waals surface area contributed by atoms with Crippen molar-refractivity contribution < 1.29 is 9.59 Å². The Bertz CT molecular complexity index is 291. The highest BCUT2D eigenvalue weighted by molar-refractivity contribution is 6.02. The lowest BCUT2D eigenvalue weighted by atomic mass is 9.80. The van der Waals surface area contributed by atoms with Crippen molar-refractivity contribution in [2.24, 2.45) is 11.8 Å². The van der Waals surface area contributed by atoms with E-state index in [4.69, 9.17) is 0 Å². The number of ketones is 2. The lowest BCUT2D eigenvalue weighted by Crippen LogP contribution is -2.30. The van der Waals surface area contributed by atoms with Crippen molar-refractivity contribution in [3.63, 3.8) is 0 Å². The van der Waals surface area contributed by atoms with Gasteiger partial charge in [-0.25, -0.2) is 0 Å². The molecule has 0 saturated heterocycles. The Morgan fingerprint density at radius 1 is 0.857 bits per heavy atom. The van der Waals surface area contributed by atoms with Crippen LogP contribution in [0.3, 0.4) is 0 Å². The summed E-state index contributed by atoms with van der Waals surface area (Å²) in [7, 11) is 0. The predicted molar refractivity (Wildman–Crippen MR) is 90.4 cm³/mol. The molecule has 0 amide bonds. The molecule has 0 fully saturated rings. The highest BCUT2D eigenvalue weighted by atomic mass is 16.1. The van der Waals surface area contributed by atoms with Crippen molar-refractivity contribution in [2.45, 2.75) is 85.0 Å². The van der Waals surface area contributed by atoms with E-state index in [1.165, 1.54) is 38.5 Å². The predicted octanol–water partition coefficient (Wildman–Crippen LogP) is 5.50. The zero-order valence-electron chi connectivity index (χ0n) is 14.3. The lowest BCUT2D eigenvalue weighted by Gasteiger charge is -2.21. The minimum absolute atomic E-state index is 0.0283. The first-order chi connectivity index (χ1) is 10.1. The van der Waals surface area contributed by atoms with Crippen LogP contribution >= 0.6 is 0 Å². The van der Waals surface area contributed by atoms with E-state index in [-0.39, 0.29) is 17.5 Å². The monoisotopic (exact) mass is 294 g/mol. The van der Waals surface area contributed by atoms with Gasteiger partial charge in [0.1, 0.15) is 11.6 Å². The van der Waals surface area contributed by atoms with Gasteiger partial charge in [0.05, 0.1) is 5.92 Å². The zero-order valence-corrected chi connectivity index (χ0v) is 14.3. The molecular weight excluding hydrogens is 260 g/mol. The molecule has 21 heavy (non-hydrogen) atoms. The van der Waals surface area contributed by atoms with Gasteiger partial charge in [-0.05, 0) is 12.3 Å². The van der Waals surface area contributed by atoms with Crippen molar-refractivity contribution in [3.8, 4) is 0 Å². The van der Waals surface area contributed by atoms with E-state index in [9.17, 15) is 9.59 Å². The van der Waals surface area contributed by atoms with Crippen LogP contribution in [-0.4, -0.2) is 11.6 Å². The molecule has 0 aromatic rings. The average Bonchev–Trinajstić information content (AvgIpc) is 2.51. The number of carbonyl (C=O) groups excluding carboxylic acids is 2. The third-order valence-electron chi connectivity index (χ3n) is 4.26. The largest absolute Gasteiger partial charge is 0.299 e. The average molecular weight is 294 g/mol. The Morgan fingerprint density at radius 2 is 1.33 bits per heavy atom. The van der Waals surface area contributed by atoms with Gasteiger partial charge in [-0.3, -0.25) is 9.59 Å². The van der Waals surface area contributed by atoms with Crippen LogP contribution in [0.2, 0.25) is 0 Å². The van der Waals surface area contributed by atoms with E-state index in [0.29, 0.717) is 12.8 Å². The molecule has 2 heteroatoms. The number of unbranched alkanes of at least 4 members (excludes halogenated alkanes) is 6. The van der Waals surface area contributed by atoms with Crippen LogP contribution in [-0.2, 0) is 9.59 Å². The molecule has 2 nitrogen and oxygen atoms in total. The van der Waals surface area contributed by atoms with Gasteiger partial charge in [0, 0.05) is 12.8 Å². The van der Waals surface area contributed by atoms with E-state index >= 15 is 0 Å². The molecule has 1 atom stereocenters. The molecule has 0 radical (unpaired) electrons. The van der Waals surface area contributed by atoms with Crippen LogP contribution in [0.4, 0.5) is 0 Å². The van der Waals surface area contributed by atoms with E-state index in [1.807, 2.05) is 19.9 Å². The summed E-state index contributed by atoms with van der Waals surface area (Å²) >= 11 is 0. The summed E-state index contributed by atoms with van der Waals surface area (Å²) in [4.78, 5) is 24.1. The fraction of sp³-hybridized carbons (Fsp3) is 0.789. The van der Waals surface area contributed by atoms with Crippen LogP contribution in [0.25, 0.3) is 0 Å². The molecule has 0 heterocycles. The van der Waals surface area contributed by atoms with Crippen molar-refractivity contribution in [3.05, 3.63) is 12.7 Å². The highest BCUT2D eigenvalue weighted by Crippen LogP contribution is 2.25. The zero-order chi connectivity index (χ0) is 16.1. The topological polar surface area (TPSA) is 34.1 Å².